The lowest BCUT2D eigenvalue weighted by Gasteiger charge is -2.31. The first kappa shape index (κ1) is 8.97. The Kier molecular flexibility index (Phi) is 3.83. The first-order chi connectivity index (χ1) is 5.36. The molecule has 1 aliphatic rings. The monoisotopic (exact) mass is 158 g/mol. The van der Waals surface area contributed by atoms with Crippen LogP contribution in [0.3, 0.4) is 0 Å². The SMILES string of the molecule is CCCN1CCO[C@@H](CN)C1. The van der Waals surface area contributed by atoms with Gasteiger partial charge >= 0.3 is 0 Å². The van der Waals surface area contributed by atoms with Gasteiger partial charge in [-0.15, -0.1) is 0 Å². The second-order valence-corrected chi connectivity index (χ2v) is 3.03. The Labute approximate surface area is 68.5 Å². The van der Waals surface area contributed by atoms with E-state index in [9.17, 15) is 0 Å². The third kappa shape index (κ3) is 2.77. The van der Waals surface area contributed by atoms with Crippen LogP contribution in [-0.2, 0) is 4.74 Å². The highest BCUT2D eigenvalue weighted by Gasteiger charge is 2.17. The zero-order valence-corrected chi connectivity index (χ0v) is 7.25. The molecule has 0 amide bonds. The Bertz CT molecular complexity index is 106. The van der Waals surface area contributed by atoms with Crippen LogP contribution >= 0.6 is 0 Å². The molecular weight excluding hydrogens is 140 g/mol. The van der Waals surface area contributed by atoms with Gasteiger partial charge in [-0.25, -0.2) is 0 Å². The average molecular weight is 158 g/mol. The summed E-state index contributed by atoms with van der Waals surface area (Å²) in [4.78, 5) is 2.42. The second-order valence-electron chi connectivity index (χ2n) is 3.03. The first-order valence-electron chi connectivity index (χ1n) is 4.40. The number of nitrogens with two attached hydrogens (primary N) is 1. The molecule has 0 bridgehead atoms. The molecule has 0 aromatic rings. The molecule has 1 fully saturated rings. The summed E-state index contributed by atoms with van der Waals surface area (Å²) in [5, 5.41) is 0. The largest absolute Gasteiger partial charge is 0.374 e. The van der Waals surface area contributed by atoms with E-state index >= 15 is 0 Å². The van der Waals surface area contributed by atoms with Gasteiger partial charge in [0.05, 0.1) is 12.7 Å². The van der Waals surface area contributed by atoms with E-state index in [2.05, 4.69) is 11.8 Å². The van der Waals surface area contributed by atoms with Crippen LogP contribution in [0.4, 0.5) is 0 Å². The van der Waals surface area contributed by atoms with Gasteiger partial charge in [-0.2, -0.15) is 0 Å². The predicted octanol–water partition coefficient (Wildman–Crippen LogP) is 0.0559. The molecule has 0 aromatic carbocycles. The van der Waals surface area contributed by atoms with Crippen molar-refractivity contribution in [3.05, 3.63) is 0 Å². The molecule has 2 N–H and O–H groups in total. The van der Waals surface area contributed by atoms with Crippen LogP contribution in [0.25, 0.3) is 0 Å². The Morgan fingerprint density at radius 3 is 3.09 bits per heavy atom. The molecule has 1 rings (SSSR count). The Balaban J connectivity index is 2.21. The van der Waals surface area contributed by atoms with E-state index in [1.54, 1.807) is 0 Å². The van der Waals surface area contributed by atoms with Crippen molar-refractivity contribution >= 4 is 0 Å². The van der Waals surface area contributed by atoms with Gasteiger partial charge in [-0.05, 0) is 13.0 Å². The Hall–Kier alpha value is -0.120. The minimum atomic E-state index is 0.273. The zero-order valence-electron chi connectivity index (χ0n) is 7.25. The van der Waals surface area contributed by atoms with Crippen LogP contribution in [-0.4, -0.2) is 43.8 Å². The molecule has 3 heteroatoms. The molecule has 0 aliphatic carbocycles. The molecule has 1 atom stereocenters. The van der Waals surface area contributed by atoms with Crippen LogP contribution in [0.15, 0.2) is 0 Å². The molecule has 11 heavy (non-hydrogen) atoms. The van der Waals surface area contributed by atoms with Gasteiger partial charge in [0, 0.05) is 19.6 Å². The van der Waals surface area contributed by atoms with Crippen LogP contribution in [0.1, 0.15) is 13.3 Å². The van der Waals surface area contributed by atoms with Crippen LogP contribution in [0.2, 0.25) is 0 Å². The van der Waals surface area contributed by atoms with E-state index in [1.807, 2.05) is 0 Å². The van der Waals surface area contributed by atoms with Crippen LogP contribution in [0, 0.1) is 0 Å². The van der Waals surface area contributed by atoms with Crippen LogP contribution < -0.4 is 5.73 Å². The van der Waals surface area contributed by atoms with Crippen molar-refractivity contribution in [2.24, 2.45) is 5.73 Å². The second kappa shape index (κ2) is 4.70. The van der Waals surface area contributed by atoms with Crippen LogP contribution in [0.5, 0.6) is 0 Å². The number of morpholine rings is 1. The topological polar surface area (TPSA) is 38.5 Å². The Morgan fingerprint density at radius 1 is 1.64 bits per heavy atom. The van der Waals surface area contributed by atoms with Gasteiger partial charge in [0.25, 0.3) is 0 Å². The third-order valence-electron chi connectivity index (χ3n) is 2.03. The van der Waals surface area contributed by atoms with Gasteiger partial charge < -0.3 is 10.5 Å². The van der Waals surface area contributed by atoms with Crippen molar-refractivity contribution in [3.8, 4) is 0 Å². The average Bonchev–Trinajstić information content (AvgIpc) is 2.06. The fraction of sp³-hybridized carbons (Fsp3) is 1.00. The van der Waals surface area contributed by atoms with Crippen molar-refractivity contribution in [3.63, 3.8) is 0 Å². The summed E-state index contributed by atoms with van der Waals surface area (Å²) in [5.74, 6) is 0. The molecule has 0 saturated carbocycles. The molecule has 0 radical (unpaired) electrons. The molecule has 1 heterocycles. The standard InChI is InChI=1S/C8H18N2O/c1-2-3-10-4-5-11-8(6-9)7-10/h8H,2-7,9H2,1H3/t8-/m0/s1. The highest BCUT2D eigenvalue weighted by molar-refractivity contribution is 4.71. The van der Waals surface area contributed by atoms with Crippen molar-refractivity contribution in [2.75, 3.05) is 32.8 Å². The van der Waals surface area contributed by atoms with Gasteiger partial charge in [0.2, 0.25) is 0 Å². The molecule has 0 spiro atoms. The van der Waals surface area contributed by atoms with Gasteiger partial charge in [0.15, 0.2) is 0 Å². The van der Waals surface area contributed by atoms with E-state index < -0.39 is 0 Å². The minimum absolute atomic E-state index is 0.273. The summed E-state index contributed by atoms with van der Waals surface area (Å²) in [5.41, 5.74) is 5.51. The fourth-order valence-corrected chi connectivity index (χ4v) is 1.44. The van der Waals surface area contributed by atoms with Crippen molar-refractivity contribution in [2.45, 2.75) is 19.4 Å². The highest BCUT2D eigenvalue weighted by Crippen LogP contribution is 2.03. The molecule has 1 saturated heterocycles. The van der Waals surface area contributed by atoms with E-state index in [4.69, 9.17) is 10.5 Å². The van der Waals surface area contributed by atoms with E-state index in [1.165, 1.54) is 13.0 Å². The quantitative estimate of drug-likeness (QED) is 0.631. The summed E-state index contributed by atoms with van der Waals surface area (Å²) >= 11 is 0. The number of rotatable bonds is 3. The van der Waals surface area contributed by atoms with E-state index in [0.29, 0.717) is 6.54 Å². The fourth-order valence-electron chi connectivity index (χ4n) is 1.44. The third-order valence-corrected chi connectivity index (χ3v) is 2.03. The van der Waals surface area contributed by atoms with Gasteiger partial charge in [-0.1, -0.05) is 6.92 Å². The summed E-state index contributed by atoms with van der Waals surface area (Å²) in [6, 6.07) is 0. The molecule has 66 valence electrons. The lowest BCUT2D eigenvalue weighted by Crippen LogP contribution is -2.45. The summed E-state index contributed by atoms with van der Waals surface area (Å²) in [6.45, 7) is 6.98. The highest BCUT2D eigenvalue weighted by atomic mass is 16.5. The number of ether oxygens (including phenoxy) is 1. The predicted molar refractivity (Wildman–Crippen MR) is 45.5 cm³/mol. The summed E-state index contributed by atoms with van der Waals surface area (Å²) in [6.07, 6.45) is 1.49. The number of hydrogen-bond acceptors (Lipinski definition) is 3. The van der Waals surface area contributed by atoms with Gasteiger partial charge in [0.1, 0.15) is 0 Å². The molecule has 0 aromatic heterocycles. The van der Waals surface area contributed by atoms with Crippen molar-refractivity contribution in [1.29, 1.82) is 0 Å². The molecule has 0 unspecified atom stereocenters. The maximum atomic E-state index is 5.51. The van der Waals surface area contributed by atoms with Crippen molar-refractivity contribution < 1.29 is 4.74 Å². The molecular formula is C8H18N2O. The first-order valence-corrected chi connectivity index (χ1v) is 4.40. The lowest BCUT2D eigenvalue weighted by molar-refractivity contribution is -0.0229. The lowest BCUT2D eigenvalue weighted by atomic mass is 10.2. The molecule has 1 aliphatic heterocycles. The Morgan fingerprint density at radius 2 is 2.45 bits per heavy atom. The van der Waals surface area contributed by atoms with E-state index in [0.717, 1.165) is 19.7 Å². The normalized spacial score (nSPS) is 27.3. The summed E-state index contributed by atoms with van der Waals surface area (Å²) < 4.78 is 5.44. The summed E-state index contributed by atoms with van der Waals surface area (Å²) in [7, 11) is 0. The number of hydrogen-bond donors (Lipinski definition) is 1. The van der Waals surface area contributed by atoms with Crippen molar-refractivity contribution in [1.82, 2.24) is 4.90 Å². The minimum Gasteiger partial charge on any atom is -0.374 e. The van der Waals surface area contributed by atoms with Gasteiger partial charge in [-0.3, -0.25) is 4.90 Å². The maximum Gasteiger partial charge on any atom is 0.0824 e. The maximum absolute atomic E-state index is 5.51. The zero-order chi connectivity index (χ0) is 8.10. The van der Waals surface area contributed by atoms with E-state index in [-0.39, 0.29) is 6.10 Å². The number of nitrogens with zero attached hydrogens (tertiary/aromatic N) is 1. The molecule has 3 nitrogen and oxygen atoms in total. The smallest absolute Gasteiger partial charge is 0.0824 e.